The lowest BCUT2D eigenvalue weighted by molar-refractivity contribution is -0.120. The summed E-state index contributed by atoms with van der Waals surface area (Å²) >= 11 is 0. The molecule has 9 nitrogen and oxygen atoms in total. The highest BCUT2D eigenvalue weighted by Gasteiger charge is 2.29. The molecule has 2 aromatic heterocycles. The summed E-state index contributed by atoms with van der Waals surface area (Å²) in [6.45, 7) is 1.43. The molecule has 1 amide bonds. The van der Waals surface area contributed by atoms with Gasteiger partial charge in [0.25, 0.3) is 5.56 Å². The second-order valence-electron chi connectivity index (χ2n) is 9.00. The number of carbonyl (C=O) groups excluding carboxylic acids is 1. The predicted molar refractivity (Wildman–Crippen MR) is 142 cm³/mol. The number of carbonyl (C=O) groups is 1. The molecule has 190 valence electrons. The number of nitrogens with zero attached hydrogens (tertiary/aromatic N) is 4. The summed E-state index contributed by atoms with van der Waals surface area (Å²) in [7, 11) is 3.13. The van der Waals surface area contributed by atoms with E-state index in [1.165, 1.54) is 0 Å². The van der Waals surface area contributed by atoms with E-state index in [2.05, 4.69) is 15.3 Å². The number of rotatable bonds is 7. The molecular formula is C28H29N5O4. The first-order valence-corrected chi connectivity index (χ1v) is 12.2. The molecule has 1 fully saturated rings. The summed E-state index contributed by atoms with van der Waals surface area (Å²) in [4.78, 5) is 38.0. The van der Waals surface area contributed by atoms with Gasteiger partial charge in [0, 0.05) is 25.4 Å². The quantitative estimate of drug-likeness (QED) is 0.414. The normalized spacial score (nSPS) is 15.4. The maximum absolute atomic E-state index is 13.7. The molecule has 9 heteroatoms. The van der Waals surface area contributed by atoms with Crippen LogP contribution in [0.25, 0.3) is 11.2 Å². The van der Waals surface area contributed by atoms with Crippen LogP contribution in [0.15, 0.2) is 71.7 Å². The second-order valence-corrected chi connectivity index (χ2v) is 9.00. The summed E-state index contributed by atoms with van der Waals surface area (Å²) < 4.78 is 12.3. The van der Waals surface area contributed by atoms with E-state index in [0.717, 1.165) is 12.0 Å². The van der Waals surface area contributed by atoms with Crippen molar-refractivity contribution >= 4 is 28.6 Å². The van der Waals surface area contributed by atoms with Gasteiger partial charge in [0.15, 0.2) is 11.5 Å². The maximum Gasteiger partial charge on any atom is 0.295 e. The molecule has 0 aliphatic carbocycles. The number of hydrogen-bond acceptors (Lipinski definition) is 7. The third-order valence-electron chi connectivity index (χ3n) is 6.63. The predicted octanol–water partition coefficient (Wildman–Crippen LogP) is 3.71. The van der Waals surface area contributed by atoms with Gasteiger partial charge in [-0.05, 0) is 42.7 Å². The van der Waals surface area contributed by atoms with Crippen LogP contribution in [0.5, 0.6) is 11.5 Å². The monoisotopic (exact) mass is 499 g/mol. The Morgan fingerprint density at radius 2 is 1.92 bits per heavy atom. The Morgan fingerprint density at radius 3 is 2.70 bits per heavy atom. The summed E-state index contributed by atoms with van der Waals surface area (Å²) in [5.41, 5.74) is 2.54. The summed E-state index contributed by atoms with van der Waals surface area (Å²) in [6.07, 6.45) is 3.15. The number of pyridine rings is 1. The average Bonchev–Trinajstić information content (AvgIpc) is 2.95. The number of ether oxygens (including phenoxy) is 2. The van der Waals surface area contributed by atoms with E-state index in [4.69, 9.17) is 9.47 Å². The van der Waals surface area contributed by atoms with Crippen LogP contribution in [0, 0.1) is 5.92 Å². The standard InChI is InChI=1S/C28H29N5O4/c1-36-21-12-13-22(24(16-21)37-2)31-27(34)20-10-7-15-32(18-20)26-28(35)33(17-19-8-4-3-5-9-19)25-23(30-26)11-6-14-29-25/h3-6,8-9,11-14,16,20H,7,10,15,17-18H2,1-2H3,(H,31,34)/t20-/m0/s1. The zero-order valence-electron chi connectivity index (χ0n) is 20.9. The van der Waals surface area contributed by atoms with Crippen molar-refractivity contribution in [1.82, 2.24) is 14.5 Å². The number of methoxy groups -OCH3 is 2. The van der Waals surface area contributed by atoms with Gasteiger partial charge < -0.3 is 19.7 Å². The maximum atomic E-state index is 13.7. The van der Waals surface area contributed by atoms with Gasteiger partial charge in [-0.2, -0.15) is 0 Å². The van der Waals surface area contributed by atoms with Crippen LogP contribution in [0.3, 0.4) is 0 Å². The topological polar surface area (TPSA) is 98.6 Å². The molecule has 0 bridgehead atoms. The highest BCUT2D eigenvalue weighted by Crippen LogP contribution is 2.30. The lowest BCUT2D eigenvalue weighted by atomic mass is 9.97. The fourth-order valence-corrected chi connectivity index (χ4v) is 4.70. The Kier molecular flexibility index (Phi) is 7.02. The first-order valence-electron chi connectivity index (χ1n) is 12.2. The Labute approximate surface area is 214 Å². The SMILES string of the molecule is COc1ccc(NC(=O)[C@H]2CCCN(c3nc4cccnc4n(Cc4ccccc4)c3=O)C2)c(OC)c1. The van der Waals surface area contributed by atoms with E-state index >= 15 is 0 Å². The number of fused-ring (bicyclic) bond motifs is 1. The van der Waals surface area contributed by atoms with Crippen molar-refractivity contribution in [2.24, 2.45) is 5.92 Å². The fourth-order valence-electron chi connectivity index (χ4n) is 4.70. The van der Waals surface area contributed by atoms with Gasteiger partial charge in [-0.15, -0.1) is 0 Å². The number of hydrogen-bond donors (Lipinski definition) is 1. The summed E-state index contributed by atoms with van der Waals surface area (Å²) in [5, 5.41) is 2.98. The smallest absolute Gasteiger partial charge is 0.295 e. The molecule has 37 heavy (non-hydrogen) atoms. The van der Waals surface area contributed by atoms with Gasteiger partial charge >= 0.3 is 0 Å². The molecular weight excluding hydrogens is 470 g/mol. The van der Waals surface area contributed by atoms with Crippen LogP contribution in [-0.4, -0.2) is 47.8 Å². The van der Waals surface area contributed by atoms with E-state index in [9.17, 15) is 9.59 Å². The molecule has 0 spiro atoms. The van der Waals surface area contributed by atoms with Gasteiger partial charge in [0.2, 0.25) is 5.91 Å². The third kappa shape index (κ3) is 5.11. The molecule has 3 heterocycles. The minimum absolute atomic E-state index is 0.125. The Balaban J connectivity index is 1.42. The minimum atomic E-state index is -0.311. The first kappa shape index (κ1) is 24.3. The van der Waals surface area contributed by atoms with Crippen LogP contribution in [0.4, 0.5) is 11.5 Å². The first-order chi connectivity index (χ1) is 18.1. The van der Waals surface area contributed by atoms with Gasteiger partial charge in [0.1, 0.15) is 17.0 Å². The lowest BCUT2D eigenvalue weighted by Gasteiger charge is -2.32. The van der Waals surface area contributed by atoms with Gasteiger partial charge in [-0.3, -0.25) is 14.2 Å². The number of piperidine rings is 1. The van der Waals surface area contributed by atoms with Crippen LogP contribution in [0.1, 0.15) is 18.4 Å². The van der Waals surface area contributed by atoms with Crippen LogP contribution >= 0.6 is 0 Å². The van der Waals surface area contributed by atoms with Crippen molar-refractivity contribution in [3.63, 3.8) is 0 Å². The number of aromatic nitrogens is 3. The highest BCUT2D eigenvalue weighted by atomic mass is 16.5. The van der Waals surface area contributed by atoms with Crippen molar-refractivity contribution in [1.29, 1.82) is 0 Å². The molecule has 4 aromatic rings. The molecule has 0 saturated carbocycles. The number of nitrogens with one attached hydrogen (secondary N) is 1. The van der Waals surface area contributed by atoms with Crippen molar-refractivity contribution in [3.8, 4) is 11.5 Å². The zero-order chi connectivity index (χ0) is 25.8. The molecule has 1 aliphatic heterocycles. The van der Waals surface area contributed by atoms with E-state index < -0.39 is 0 Å². The minimum Gasteiger partial charge on any atom is -0.497 e. The molecule has 1 N–H and O–H groups in total. The molecule has 2 aromatic carbocycles. The molecule has 0 radical (unpaired) electrons. The van der Waals surface area contributed by atoms with E-state index in [1.807, 2.05) is 47.4 Å². The molecule has 0 unspecified atom stereocenters. The largest absolute Gasteiger partial charge is 0.497 e. The number of amides is 1. The van der Waals surface area contributed by atoms with Gasteiger partial charge in [-0.25, -0.2) is 9.97 Å². The Hall–Kier alpha value is -4.40. The zero-order valence-corrected chi connectivity index (χ0v) is 20.9. The highest BCUT2D eigenvalue weighted by molar-refractivity contribution is 5.94. The fraction of sp³-hybridized carbons (Fsp3) is 0.286. The second kappa shape index (κ2) is 10.7. The van der Waals surface area contributed by atoms with Crippen molar-refractivity contribution in [2.75, 3.05) is 37.5 Å². The Morgan fingerprint density at radius 1 is 1.08 bits per heavy atom. The van der Waals surface area contributed by atoms with Crippen molar-refractivity contribution in [2.45, 2.75) is 19.4 Å². The molecule has 1 atom stereocenters. The number of benzene rings is 2. The van der Waals surface area contributed by atoms with Crippen LogP contribution in [0.2, 0.25) is 0 Å². The van der Waals surface area contributed by atoms with Crippen molar-refractivity contribution in [3.05, 3.63) is 82.8 Å². The lowest BCUT2D eigenvalue weighted by Crippen LogP contribution is -2.44. The Bertz CT molecular complexity index is 1470. The van der Waals surface area contributed by atoms with E-state index in [0.29, 0.717) is 60.2 Å². The molecule has 1 aliphatic rings. The van der Waals surface area contributed by atoms with E-state index in [1.54, 1.807) is 43.2 Å². The van der Waals surface area contributed by atoms with Gasteiger partial charge in [0.05, 0.1) is 32.4 Å². The third-order valence-corrected chi connectivity index (χ3v) is 6.63. The van der Waals surface area contributed by atoms with Crippen LogP contribution in [-0.2, 0) is 11.3 Å². The summed E-state index contributed by atoms with van der Waals surface area (Å²) in [6, 6.07) is 18.7. The molecule has 5 rings (SSSR count). The number of anilines is 2. The van der Waals surface area contributed by atoms with Crippen molar-refractivity contribution < 1.29 is 14.3 Å². The average molecular weight is 500 g/mol. The van der Waals surface area contributed by atoms with Crippen LogP contribution < -0.4 is 25.2 Å². The van der Waals surface area contributed by atoms with E-state index in [-0.39, 0.29) is 17.4 Å². The molecule has 1 saturated heterocycles. The summed E-state index contributed by atoms with van der Waals surface area (Å²) in [5.74, 6) is 1.07. The van der Waals surface area contributed by atoms with Gasteiger partial charge in [-0.1, -0.05) is 30.3 Å².